The maximum atomic E-state index is 11.2. The van der Waals surface area contributed by atoms with Crippen LogP contribution in [0.5, 0.6) is 0 Å². The van der Waals surface area contributed by atoms with Crippen molar-refractivity contribution in [3.05, 3.63) is 23.5 Å². The fourth-order valence-electron chi connectivity index (χ4n) is 1.22. The minimum absolute atomic E-state index is 0.0342. The Hall–Kier alpha value is -0.700. The van der Waals surface area contributed by atoms with Gasteiger partial charge in [-0.05, 0) is 20.8 Å². The lowest BCUT2D eigenvalue weighted by Crippen LogP contribution is -2.16. The highest BCUT2D eigenvalue weighted by molar-refractivity contribution is 8.16. The first-order valence-corrected chi connectivity index (χ1v) is 4.60. The van der Waals surface area contributed by atoms with Crippen LogP contribution in [0.2, 0.25) is 0 Å². The molecule has 0 amide bonds. The zero-order valence-corrected chi connectivity index (χ0v) is 8.23. The molecule has 1 rings (SSSR count). The van der Waals surface area contributed by atoms with Crippen molar-refractivity contribution in [1.82, 2.24) is 0 Å². The van der Waals surface area contributed by atoms with Gasteiger partial charge in [-0.25, -0.2) is 0 Å². The Labute approximate surface area is 76.4 Å². The topological polar surface area (TPSA) is 37.3 Å². The molecule has 3 heteroatoms. The van der Waals surface area contributed by atoms with Crippen molar-refractivity contribution in [2.45, 2.75) is 25.5 Å². The first-order chi connectivity index (χ1) is 5.51. The monoisotopic (exact) mass is 184 g/mol. The van der Waals surface area contributed by atoms with Crippen molar-refractivity contribution in [1.29, 1.82) is 0 Å². The third-order valence-corrected chi connectivity index (χ3v) is 3.17. The Morgan fingerprint density at radius 2 is 2.17 bits per heavy atom. The number of thioether (sulfide) groups is 1. The summed E-state index contributed by atoms with van der Waals surface area (Å²) in [5.41, 5.74) is 0.473. The van der Waals surface area contributed by atoms with Gasteiger partial charge in [0.1, 0.15) is 5.76 Å². The Kier molecular flexibility index (Phi) is 2.33. The van der Waals surface area contributed by atoms with E-state index in [1.165, 1.54) is 0 Å². The zero-order valence-electron chi connectivity index (χ0n) is 7.42. The van der Waals surface area contributed by atoms with E-state index in [0.717, 1.165) is 11.8 Å². The lowest BCUT2D eigenvalue weighted by molar-refractivity contribution is -0.107. The van der Waals surface area contributed by atoms with Crippen molar-refractivity contribution >= 4 is 16.9 Å². The average molecular weight is 184 g/mol. The molecule has 0 aromatic carbocycles. The Morgan fingerprint density at radius 1 is 1.58 bits per heavy atom. The Bertz CT molecular complexity index is 278. The van der Waals surface area contributed by atoms with Gasteiger partial charge in [0.15, 0.2) is 0 Å². The Balaban J connectivity index is 3.07. The molecule has 0 radical (unpaired) electrons. The molecule has 0 aromatic heterocycles. The summed E-state index contributed by atoms with van der Waals surface area (Å²) in [5.74, 6) is 0.190. The standard InChI is InChI=1S/C9H12O2S/c1-4-5-9(3)7(10)6(2)8(11)12-9/h4-5,10H,1-3H3/t9-/m0/s1. The number of hydrogen-bond donors (Lipinski definition) is 1. The minimum atomic E-state index is -0.532. The smallest absolute Gasteiger partial charge is 0.219 e. The van der Waals surface area contributed by atoms with Crippen LogP contribution in [0.3, 0.4) is 0 Å². The fraction of sp³-hybridized carbons (Fsp3) is 0.444. The predicted octanol–water partition coefficient (Wildman–Crippen LogP) is 2.43. The molecule has 0 aromatic rings. The lowest BCUT2D eigenvalue weighted by Gasteiger charge is -2.16. The molecule has 1 aliphatic heterocycles. The third kappa shape index (κ3) is 1.29. The molecule has 0 saturated carbocycles. The lowest BCUT2D eigenvalue weighted by atomic mass is 10.1. The van der Waals surface area contributed by atoms with E-state index >= 15 is 0 Å². The number of aliphatic hydroxyl groups excluding tert-OH is 1. The summed E-state index contributed by atoms with van der Waals surface area (Å²) in [7, 11) is 0. The van der Waals surface area contributed by atoms with Crippen molar-refractivity contribution in [2.75, 3.05) is 0 Å². The second-order valence-corrected chi connectivity index (χ2v) is 4.39. The quantitative estimate of drug-likeness (QED) is 0.636. The van der Waals surface area contributed by atoms with Crippen LogP contribution in [0.15, 0.2) is 23.5 Å². The summed E-state index contributed by atoms with van der Waals surface area (Å²) in [4.78, 5) is 11.2. The zero-order chi connectivity index (χ0) is 9.35. The molecule has 66 valence electrons. The predicted molar refractivity (Wildman–Crippen MR) is 51.1 cm³/mol. The first kappa shape index (κ1) is 9.39. The van der Waals surface area contributed by atoms with Crippen LogP contribution in [-0.2, 0) is 4.79 Å². The van der Waals surface area contributed by atoms with E-state index in [1.807, 2.05) is 26.0 Å². The van der Waals surface area contributed by atoms with E-state index in [1.54, 1.807) is 6.92 Å². The average Bonchev–Trinajstić information content (AvgIpc) is 2.17. The summed E-state index contributed by atoms with van der Waals surface area (Å²) in [6.07, 6.45) is 3.68. The molecule has 1 aliphatic rings. The summed E-state index contributed by atoms with van der Waals surface area (Å²) in [5, 5.41) is 9.57. The van der Waals surface area contributed by atoms with Gasteiger partial charge in [0.2, 0.25) is 5.12 Å². The number of carbonyl (C=O) groups is 1. The second kappa shape index (κ2) is 2.98. The highest BCUT2D eigenvalue weighted by Gasteiger charge is 2.39. The summed E-state index contributed by atoms with van der Waals surface area (Å²) in [6.45, 7) is 5.36. The molecule has 2 nitrogen and oxygen atoms in total. The highest BCUT2D eigenvalue weighted by atomic mass is 32.2. The number of hydrogen-bond acceptors (Lipinski definition) is 3. The molecule has 12 heavy (non-hydrogen) atoms. The number of aliphatic hydroxyl groups is 1. The second-order valence-electron chi connectivity index (χ2n) is 2.97. The van der Waals surface area contributed by atoms with Gasteiger partial charge in [-0.15, -0.1) is 0 Å². The molecular weight excluding hydrogens is 172 g/mol. The van der Waals surface area contributed by atoms with Gasteiger partial charge in [-0.3, -0.25) is 4.79 Å². The SMILES string of the molecule is CC=C[C@]1(C)SC(=O)C(C)=C1O. The molecule has 0 saturated heterocycles. The summed E-state index contributed by atoms with van der Waals surface area (Å²) < 4.78 is -0.532. The normalized spacial score (nSPS) is 30.8. The maximum Gasteiger partial charge on any atom is 0.219 e. The van der Waals surface area contributed by atoms with Crippen LogP contribution in [0, 0.1) is 0 Å². The Morgan fingerprint density at radius 3 is 2.50 bits per heavy atom. The number of allylic oxidation sites excluding steroid dienone is 1. The van der Waals surface area contributed by atoms with E-state index in [-0.39, 0.29) is 10.9 Å². The van der Waals surface area contributed by atoms with E-state index in [9.17, 15) is 9.90 Å². The van der Waals surface area contributed by atoms with Crippen molar-refractivity contribution < 1.29 is 9.90 Å². The molecule has 0 fully saturated rings. The minimum Gasteiger partial charge on any atom is -0.510 e. The largest absolute Gasteiger partial charge is 0.510 e. The van der Waals surface area contributed by atoms with Gasteiger partial charge in [0, 0.05) is 5.57 Å². The van der Waals surface area contributed by atoms with Crippen LogP contribution in [0.25, 0.3) is 0 Å². The van der Waals surface area contributed by atoms with Gasteiger partial charge in [0.05, 0.1) is 4.75 Å². The van der Waals surface area contributed by atoms with Crippen LogP contribution < -0.4 is 0 Å². The highest BCUT2D eigenvalue weighted by Crippen LogP contribution is 2.42. The van der Waals surface area contributed by atoms with E-state index in [0.29, 0.717) is 5.57 Å². The number of carbonyl (C=O) groups excluding carboxylic acids is 1. The van der Waals surface area contributed by atoms with Gasteiger partial charge >= 0.3 is 0 Å². The summed E-state index contributed by atoms with van der Waals surface area (Å²) in [6, 6.07) is 0. The van der Waals surface area contributed by atoms with E-state index in [2.05, 4.69) is 0 Å². The van der Waals surface area contributed by atoms with Crippen LogP contribution >= 0.6 is 11.8 Å². The first-order valence-electron chi connectivity index (χ1n) is 3.79. The molecule has 0 bridgehead atoms. The van der Waals surface area contributed by atoms with E-state index in [4.69, 9.17) is 0 Å². The van der Waals surface area contributed by atoms with Crippen LogP contribution in [-0.4, -0.2) is 15.0 Å². The molecular formula is C9H12O2S. The molecule has 0 unspecified atom stereocenters. The van der Waals surface area contributed by atoms with Gasteiger partial charge in [-0.2, -0.15) is 0 Å². The maximum absolute atomic E-state index is 11.2. The van der Waals surface area contributed by atoms with Gasteiger partial charge in [0.25, 0.3) is 0 Å². The van der Waals surface area contributed by atoms with Crippen LogP contribution in [0.4, 0.5) is 0 Å². The molecule has 1 N–H and O–H groups in total. The fourth-order valence-corrected chi connectivity index (χ4v) is 2.31. The van der Waals surface area contributed by atoms with Gasteiger partial charge in [-0.1, -0.05) is 23.9 Å². The summed E-state index contributed by atoms with van der Waals surface area (Å²) >= 11 is 1.16. The van der Waals surface area contributed by atoms with Crippen molar-refractivity contribution in [3.8, 4) is 0 Å². The van der Waals surface area contributed by atoms with Crippen molar-refractivity contribution in [3.63, 3.8) is 0 Å². The van der Waals surface area contributed by atoms with E-state index < -0.39 is 4.75 Å². The molecule has 0 spiro atoms. The molecule has 1 heterocycles. The van der Waals surface area contributed by atoms with Crippen LogP contribution in [0.1, 0.15) is 20.8 Å². The molecule has 0 aliphatic carbocycles. The van der Waals surface area contributed by atoms with Gasteiger partial charge < -0.3 is 5.11 Å². The van der Waals surface area contributed by atoms with Crippen molar-refractivity contribution in [2.24, 2.45) is 0 Å². The molecule has 1 atom stereocenters. The number of rotatable bonds is 1. The third-order valence-electron chi connectivity index (χ3n) is 1.92.